The molecule has 2 aromatic rings. The Morgan fingerprint density at radius 1 is 1.29 bits per heavy atom. The standard InChI is InChI=1S/C10H11NO3/c1-14-7-2-3-8-6(4-7)5-9(11-8)10(12)13/h2-5,10-13H,1H3. The minimum atomic E-state index is -1.46. The van der Waals surface area contributed by atoms with Crippen molar-refractivity contribution in [2.24, 2.45) is 0 Å². The molecule has 0 amide bonds. The van der Waals surface area contributed by atoms with E-state index >= 15 is 0 Å². The number of rotatable bonds is 2. The van der Waals surface area contributed by atoms with E-state index in [0.29, 0.717) is 5.69 Å². The molecule has 0 radical (unpaired) electrons. The largest absolute Gasteiger partial charge is 0.497 e. The molecule has 0 aliphatic rings. The summed E-state index contributed by atoms with van der Waals surface area (Å²) < 4.78 is 5.05. The minimum Gasteiger partial charge on any atom is -0.497 e. The molecule has 3 N–H and O–H groups in total. The first-order valence-electron chi connectivity index (χ1n) is 4.23. The SMILES string of the molecule is COc1ccc2[nH]c(C(O)O)cc2c1. The van der Waals surface area contributed by atoms with E-state index in [9.17, 15) is 0 Å². The lowest BCUT2D eigenvalue weighted by atomic mass is 10.2. The van der Waals surface area contributed by atoms with Crippen LogP contribution in [0.15, 0.2) is 24.3 Å². The van der Waals surface area contributed by atoms with Crippen LogP contribution in [0.3, 0.4) is 0 Å². The van der Waals surface area contributed by atoms with Gasteiger partial charge in [0.05, 0.1) is 12.8 Å². The lowest BCUT2D eigenvalue weighted by Crippen LogP contribution is -1.93. The van der Waals surface area contributed by atoms with E-state index in [1.54, 1.807) is 13.2 Å². The third-order valence-corrected chi connectivity index (χ3v) is 2.13. The Balaban J connectivity index is 2.54. The van der Waals surface area contributed by atoms with Crippen molar-refractivity contribution in [1.82, 2.24) is 4.98 Å². The highest BCUT2D eigenvalue weighted by Gasteiger charge is 2.07. The molecular weight excluding hydrogens is 182 g/mol. The van der Waals surface area contributed by atoms with Crippen LogP contribution in [-0.2, 0) is 0 Å². The fraction of sp³-hybridized carbons (Fsp3) is 0.200. The van der Waals surface area contributed by atoms with Gasteiger partial charge in [-0.25, -0.2) is 0 Å². The summed E-state index contributed by atoms with van der Waals surface area (Å²) >= 11 is 0. The zero-order valence-corrected chi connectivity index (χ0v) is 7.69. The van der Waals surface area contributed by atoms with Crippen molar-refractivity contribution in [3.63, 3.8) is 0 Å². The first-order chi connectivity index (χ1) is 6.70. The van der Waals surface area contributed by atoms with E-state index in [-0.39, 0.29) is 0 Å². The molecule has 0 saturated carbocycles. The second-order valence-electron chi connectivity index (χ2n) is 3.05. The minimum absolute atomic E-state index is 0.383. The lowest BCUT2D eigenvalue weighted by molar-refractivity contribution is -0.0453. The van der Waals surface area contributed by atoms with Gasteiger partial charge in [-0.15, -0.1) is 0 Å². The van der Waals surface area contributed by atoms with Crippen molar-refractivity contribution in [2.75, 3.05) is 7.11 Å². The fourth-order valence-electron chi connectivity index (χ4n) is 1.40. The van der Waals surface area contributed by atoms with Crippen LogP contribution >= 0.6 is 0 Å². The Hall–Kier alpha value is -1.52. The summed E-state index contributed by atoms with van der Waals surface area (Å²) in [4.78, 5) is 2.89. The molecule has 0 aliphatic heterocycles. The van der Waals surface area contributed by atoms with Crippen molar-refractivity contribution < 1.29 is 14.9 Å². The van der Waals surface area contributed by atoms with Crippen LogP contribution in [0.4, 0.5) is 0 Å². The highest BCUT2D eigenvalue weighted by molar-refractivity contribution is 5.81. The number of fused-ring (bicyclic) bond motifs is 1. The molecule has 1 heterocycles. The highest BCUT2D eigenvalue weighted by Crippen LogP contribution is 2.23. The van der Waals surface area contributed by atoms with E-state index in [1.807, 2.05) is 18.2 Å². The van der Waals surface area contributed by atoms with E-state index in [4.69, 9.17) is 14.9 Å². The molecule has 0 aliphatic carbocycles. The van der Waals surface area contributed by atoms with Gasteiger partial charge < -0.3 is 19.9 Å². The number of aliphatic hydroxyl groups is 2. The van der Waals surface area contributed by atoms with Gasteiger partial charge in [0.2, 0.25) is 0 Å². The summed E-state index contributed by atoms with van der Waals surface area (Å²) in [5, 5.41) is 18.8. The molecule has 4 nitrogen and oxygen atoms in total. The first kappa shape index (κ1) is 9.05. The van der Waals surface area contributed by atoms with Crippen molar-refractivity contribution in [2.45, 2.75) is 6.29 Å². The molecule has 0 atom stereocenters. The van der Waals surface area contributed by atoms with Gasteiger partial charge in [-0.3, -0.25) is 0 Å². The number of hydrogen-bond donors (Lipinski definition) is 3. The maximum absolute atomic E-state index is 8.94. The summed E-state index contributed by atoms with van der Waals surface area (Å²) in [5.74, 6) is 0.746. The van der Waals surface area contributed by atoms with Crippen LogP contribution in [0.25, 0.3) is 10.9 Å². The number of nitrogens with one attached hydrogen (secondary N) is 1. The Morgan fingerprint density at radius 2 is 2.07 bits per heavy atom. The smallest absolute Gasteiger partial charge is 0.193 e. The van der Waals surface area contributed by atoms with Crippen molar-refractivity contribution in [3.05, 3.63) is 30.0 Å². The van der Waals surface area contributed by atoms with E-state index < -0.39 is 6.29 Å². The number of aliphatic hydroxyl groups excluding tert-OH is 1. The number of methoxy groups -OCH3 is 1. The summed E-state index contributed by atoms with van der Waals surface area (Å²) in [7, 11) is 1.59. The van der Waals surface area contributed by atoms with Crippen LogP contribution in [0.5, 0.6) is 5.75 Å². The van der Waals surface area contributed by atoms with E-state index in [1.165, 1.54) is 0 Å². The Labute approximate surface area is 80.8 Å². The zero-order chi connectivity index (χ0) is 10.1. The van der Waals surface area contributed by atoms with Gasteiger partial charge in [-0.1, -0.05) is 0 Å². The molecule has 2 rings (SSSR count). The van der Waals surface area contributed by atoms with Crippen LogP contribution in [0.1, 0.15) is 12.0 Å². The second kappa shape index (κ2) is 3.32. The quantitative estimate of drug-likeness (QED) is 0.627. The molecule has 4 heteroatoms. The average molecular weight is 193 g/mol. The zero-order valence-electron chi connectivity index (χ0n) is 7.69. The van der Waals surface area contributed by atoms with Crippen molar-refractivity contribution >= 4 is 10.9 Å². The number of hydrogen-bond acceptors (Lipinski definition) is 3. The molecule has 74 valence electrons. The molecule has 14 heavy (non-hydrogen) atoms. The maximum atomic E-state index is 8.94. The third-order valence-electron chi connectivity index (χ3n) is 2.13. The Morgan fingerprint density at radius 3 is 2.71 bits per heavy atom. The molecule has 0 unspecified atom stereocenters. The predicted octanol–water partition coefficient (Wildman–Crippen LogP) is 1.16. The molecule has 1 aromatic carbocycles. The predicted molar refractivity (Wildman–Crippen MR) is 52.0 cm³/mol. The van der Waals surface area contributed by atoms with Gasteiger partial charge in [0, 0.05) is 10.9 Å². The van der Waals surface area contributed by atoms with Crippen LogP contribution < -0.4 is 4.74 Å². The number of H-pyrrole nitrogens is 1. The average Bonchev–Trinajstić information content (AvgIpc) is 2.59. The van der Waals surface area contributed by atoms with Gasteiger partial charge in [-0.2, -0.15) is 0 Å². The number of ether oxygens (including phenoxy) is 1. The van der Waals surface area contributed by atoms with Gasteiger partial charge in [0.15, 0.2) is 6.29 Å². The van der Waals surface area contributed by atoms with Gasteiger partial charge in [0.25, 0.3) is 0 Å². The first-order valence-corrected chi connectivity index (χ1v) is 4.23. The molecule has 1 aromatic heterocycles. The summed E-state index contributed by atoms with van der Waals surface area (Å²) in [6.07, 6.45) is -1.46. The Kier molecular flexibility index (Phi) is 2.15. The molecule has 0 spiro atoms. The second-order valence-corrected chi connectivity index (χ2v) is 3.05. The normalized spacial score (nSPS) is 11.1. The molecule has 0 saturated heterocycles. The number of benzene rings is 1. The van der Waals surface area contributed by atoms with E-state index in [0.717, 1.165) is 16.7 Å². The molecular formula is C10H11NO3. The van der Waals surface area contributed by atoms with Gasteiger partial charge >= 0.3 is 0 Å². The summed E-state index contributed by atoms with van der Waals surface area (Å²) in [5.41, 5.74) is 1.24. The van der Waals surface area contributed by atoms with Gasteiger partial charge in [0.1, 0.15) is 5.75 Å². The van der Waals surface area contributed by atoms with Gasteiger partial charge in [-0.05, 0) is 24.3 Å². The maximum Gasteiger partial charge on any atom is 0.193 e. The summed E-state index contributed by atoms with van der Waals surface area (Å²) in [6, 6.07) is 7.16. The van der Waals surface area contributed by atoms with Crippen molar-refractivity contribution in [3.8, 4) is 5.75 Å². The van der Waals surface area contributed by atoms with Crippen molar-refractivity contribution in [1.29, 1.82) is 0 Å². The molecule has 0 fully saturated rings. The molecule has 0 bridgehead atoms. The van der Waals surface area contributed by atoms with E-state index in [2.05, 4.69) is 4.98 Å². The number of aromatic amines is 1. The third kappa shape index (κ3) is 1.45. The summed E-state index contributed by atoms with van der Waals surface area (Å²) in [6.45, 7) is 0. The fourth-order valence-corrected chi connectivity index (χ4v) is 1.40. The van der Waals surface area contributed by atoms with Crippen LogP contribution in [-0.4, -0.2) is 22.3 Å². The van der Waals surface area contributed by atoms with Crippen LogP contribution in [0, 0.1) is 0 Å². The topological polar surface area (TPSA) is 65.5 Å². The number of aromatic nitrogens is 1. The Bertz CT molecular complexity index is 448. The highest BCUT2D eigenvalue weighted by atomic mass is 16.5. The lowest BCUT2D eigenvalue weighted by Gasteiger charge is -1.97. The monoisotopic (exact) mass is 193 g/mol. The van der Waals surface area contributed by atoms with Crippen LogP contribution in [0.2, 0.25) is 0 Å².